The summed E-state index contributed by atoms with van der Waals surface area (Å²) in [5, 5.41) is 41.2. The summed E-state index contributed by atoms with van der Waals surface area (Å²) < 4.78 is 61.5. The van der Waals surface area contributed by atoms with Gasteiger partial charge in [-0.15, -0.1) is 0 Å². The van der Waals surface area contributed by atoms with Gasteiger partial charge in [-0.05, 0) is 18.7 Å². The van der Waals surface area contributed by atoms with E-state index in [0.29, 0.717) is 0 Å². The zero-order chi connectivity index (χ0) is 23.6. The second-order valence-electron chi connectivity index (χ2n) is 3.72. The fourth-order valence-electron chi connectivity index (χ4n) is 1.11. The first-order valence-corrected chi connectivity index (χ1v) is 5.51. The summed E-state index contributed by atoms with van der Waals surface area (Å²) in [6, 6.07) is 0.513. The number of carboxylic acids is 2. The highest BCUT2D eigenvalue weighted by atomic mass is 16.4. The lowest BCUT2D eigenvalue weighted by molar-refractivity contribution is -0.165. The van der Waals surface area contributed by atoms with E-state index in [2.05, 4.69) is 5.43 Å². The summed E-state index contributed by atoms with van der Waals surface area (Å²) in [4.78, 5) is 19.5. The molecule has 23 heavy (non-hydrogen) atoms. The van der Waals surface area contributed by atoms with E-state index in [1.54, 1.807) is 6.07 Å². The number of aliphatic hydroxyl groups is 2. The Morgan fingerprint density at radius 1 is 1.22 bits per heavy atom. The smallest absolute Gasteiger partial charge is 0.335 e. The van der Waals surface area contributed by atoms with Crippen LogP contribution in [0.1, 0.15) is 42.9 Å². The molecular weight excluding hydrogens is 314 g/mol. The SMILES string of the molecule is O.O.O=C(O)[C@H](O)[C@@H](O)C(=O)O.[2H]C1([2H])C([C@@H](CC#N)NN)C([2H])([2H])C([2H])([2H])C1([2H])[2H]. The maximum atomic E-state index is 9.77. The summed E-state index contributed by atoms with van der Waals surface area (Å²) in [5.41, 5.74) is 2.10. The minimum atomic E-state index is -3.04. The largest absolute Gasteiger partial charge is 0.479 e. The Labute approximate surface area is 144 Å². The van der Waals surface area contributed by atoms with Gasteiger partial charge in [0.25, 0.3) is 0 Å². The van der Waals surface area contributed by atoms with E-state index in [4.69, 9.17) is 42.5 Å². The van der Waals surface area contributed by atoms with Gasteiger partial charge in [0, 0.05) is 17.0 Å². The lowest BCUT2D eigenvalue weighted by Gasteiger charge is -2.18. The number of hydrazine groups is 1. The first-order chi connectivity index (χ1) is 12.9. The topological polar surface area (TPSA) is 240 Å². The molecule has 0 aromatic heterocycles. The molecule has 11 nitrogen and oxygen atoms in total. The molecule has 1 rings (SSSR count). The quantitative estimate of drug-likeness (QED) is 0.213. The van der Waals surface area contributed by atoms with E-state index in [0.717, 1.165) is 0 Å². The molecule has 1 aliphatic rings. The Morgan fingerprint density at radius 2 is 1.61 bits per heavy atom. The molecule has 1 fully saturated rings. The molecular formula is C12H25N3O8. The van der Waals surface area contributed by atoms with Gasteiger partial charge in [0.05, 0.1) is 12.5 Å². The number of carboxylic acid groups (broad SMARTS) is 2. The number of carbonyl (C=O) groups is 2. The van der Waals surface area contributed by atoms with Crippen molar-refractivity contribution in [1.29, 1.82) is 5.26 Å². The molecule has 3 atom stereocenters. The number of aliphatic carboxylic acids is 2. The number of nitrogens with zero attached hydrogens (tertiary/aromatic N) is 1. The van der Waals surface area contributed by atoms with Gasteiger partial charge >= 0.3 is 11.9 Å². The van der Waals surface area contributed by atoms with E-state index in [1.165, 1.54) is 0 Å². The number of nitrogens with one attached hydrogen (secondary N) is 1. The van der Waals surface area contributed by atoms with Crippen LogP contribution in [0.15, 0.2) is 0 Å². The normalized spacial score (nSPS) is 31.0. The van der Waals surface area contributed by atoms with E-state index < -0.39 is 61.6 Å². The first-order valence-electron chi connectivity index (χ1n) is 9.51. The lowest BCUT2D eigenvalue weighted by Crippen LogP contribution is -2.39. The van der Waals surface area contributed by atoms with Crippen LogP contribution in [-0.4, -0.2) is 61.6 Å². The monoisotopic (exact) mass is 347 g/mol. The minimum absolute atomic E-state index is 0. The van der Waals surface area contributed by atoms with Crippen LogP contribution in [0.5, 0.6) is 0 Å². The van der Waals surface area contributed by atoms with Gasteiger partial charge in [-0.25, -0.2) is 9.59 Å². The number of hydrogen-bond acceptors (Lipinski definition) is 7. The molecule has 11 heteroatoms. The summed E-state index contributed by atoms with van der Waals surface area (Å²) in [5.74, 6) is -0.0857. The van der Waals surface area contributed by atoms with E-state index in [-0.39, 0.29) is 17.4 Å². The van der Waals surface area contributed by atoms with Gasteiger partial charge in [-0.3, -0.25) is 11.3 Å². The molecule has 0 aliphatic heterocycles. The van der Waals surface area contributed by atoms with Gasteiger partial charge < -0.3 is 31.4 Å². The average molecular weight is 347 g/mol. The fraction of sp³-hybridized carbons (Fsp3) is 0.750. The minimum Gasteiger partial charge on any atom is -0.479 e. The summed E-state index contributed by atoms with van der Waals surface area (Å²) >= 11 is 0. The Morgan fingerprint density at radius 3 is 1.87 bits per heavy atom. The van der Waals surface area contributed by atoms with Crippen molar-refractivity contribution in [3.63, 3.8) is 0 Å². The molecule has 0 saturated heterocycles. The van der Waals surface area contributed by atoms with Gasteiger partial charge in [0.2, 0.25) is 0 Å². The second kappa shape index (κ2) is 13.8. The third-order valence-corrected chi connectivity index (χ3v) is 2.25. The van der Waals surface area contributed by atoms with Crippen molar-refractivity contribution in [2.75, 3.05) is 0 Å². The highest BCUT2D eigenvalue weighted by Crippen LogP contribution is 2.28. The molecule has 0 aromatic carbocycles. The fourth-order valence-corrected chi connectivity index (χ4v) is 1.11. The highest BCUT2D eigenvalue weighted by molar-refractivity contribution is 5.83. The van der Waals surface area contributed by atoms with Crippen molar-refractivity contribution in [2.45, 2.75) is 50.2 Å². The van der Waals surface area contributed by atoms with Gasteiger partial charge in [0.15, 0.2) is 12.2 Å². The van der Waals surface area contributed by atoms with Crippen LogP contribution in [0, 0.1) is 17.2 Å². The second-order valence-corrected chi connectivity index (χ2v) is 3.72. The molecule has 0 spiro atoms. The molecule has 11 N–H and O–H groups in total. The van der Waals surface area contributed by atoms with Crippen molar-refractivity contribution < 1.29 is 51.9 Å². The maximum absolute atomic E-state index is 9.77. The highest BCUT2D eigenvalue weighted by Gasteiger charge is 2.29. The molecule has 0 unspecified atom stereocenters. The molecule has 0 bridgehead atoms. The van der Waals surface area contributed by atoms with Crippen LogP contribution >= 0.6 is 0 Å². The standard InChI is InChI=1S/C8H15N3.C4H6O6.2H2O/c9-6-5-8(11-10)7-3-1-2-4-7;5-1(3(7)8)2(6)4(9)10;;/h7-8,11H,1-5,10H2;1-2,5-6H,(H,7,8)(H,9,10);2*1H2/t8-;1-,2-;;/m11../s1/i1D2,2D2,3D2,4D2;;;. The van der Waals surface area contributed by atoms with Gasteiger partial charge in [-0.2, -0.15) is 5.26 Å². The number of aliphatic hydroxyl groups excluding tert-OH is 2. The number of rotatable bonds is 6. The molecule has 0 aromatic rings. The van der Waals surface area contributed by atoms with Crippen LogP contribution in [-0.2, 0) is 9.59 Å². The van der Waals surface area contributed by atoms with Crippen LogP contribution in [0.2, 0.25) is 0 Å². The Hall–Kier alpha value is -1.81. The van der Waals surface area contributed by atoms with Crippen molar-refractivity contribution in [2.24, 2.45) is 11.8 Å². The molecule has 0 radical (unpaired) electrons. The summed E-state index contributed by atoms with van der Waals surface area (Å²) in [7, 11) is 0. The predicted molar refractivity (Wildman–Crippen MR) is 77.8 cm³/mol. The molecule has 1 aliphatic carbocycles. The Kier molecular flexibility index (Phi) is 7.57. The van der Waals surface area contributed by atoms with Crippen molar-refractivity contribution in [3.05, 3.63) is 0 Å². The van der Waals surface area contributed by atoms with E-state index in [1.807, 2.05) is 0 Å². The van der Waals surface area contributed by atoms with Crippen molar-refractivity contribution in [3.8, 4) is 6.07 Å². The molecule has 0 amide bonds. The molecule has 0 heterocycles. The van der Waals surface area contributed by atoms with E-state index in [9.17, 15) is 9.59 Å². The van der Waals surface area contributed by atoms with Gasteiger partial charge in [0.1, 0.15) is 0 Å². The van der Waals surface area contributed by atoms with Crippen LogP contribution in [0.4, 0.5) is 0 Å². The third kappa shape index (κ3) is 9.74. The average Bonchev–Trinajstić information content (AvgIpc) is 2.65. The molecule has 136 valence electrons. The zero-order valence-corrected chi connectivity index (χ0v) is 11.6. The Bertz CT molecular complexity index is 631. The van der Waals surface area contributed by atoms with E-state index >= 15 is 0 Å². The van der Waals surface area contributed by atoms with Crippen LogP contribution in [0.25, 0.3) is 0 Å². The summed E-state index contributed by atoms with van der Waals surface area (Å²) in [6.07, 6.45) is -16.6. The van der Waals surface area contributed by atoms with Crippen LogP contribution in [0.3, 0.4) is 0 Å². The van der Waals surface area contributed by atoms with Crippen molar-refractivity contribution >= 4 is 11.9 Å². The summed E-state index contributed by atoms with van der Waals surface area (Å²) in [6.45, 7) is 0. The van der Waals surface area contributed by atoms with Crippen LogP contribution < -0.4 is 11.3 Å². The number of hydrogen-bond donors (Lipinski definition) is 6. The number of nitriles is 1. The first kappa shape index (κ1) is 12.6. The Balaban J connectivity index is -0.000000563. The maximum Gasteiger partial charge on any atom is 0.335 e. The zero-order valence-electron chi connectivity index (χ0n) is 19.6. The third-order valence-electron chi connectivity index (χ3n) is 2.25. The predicted octanol–water partition coefficient (Wildman–Crippen LogP) is -2.85. The number of nitrogens with two attached hydrogens (primary N) is 1. The molecule has 1 saturated carbocycles. The van der Waals surface area contributed by atoms with Gasteiger partial charge in [-0.1, -0.05) is 12.7 Å². The van der Waals surface area contributed by atoms with Crippen molar-refractivity contribution in [1.82, 2.24) is 5.43 Å². The lowest BCUT2D eigenvalue weighted by atomic mass is 9.97.